The lowest BCUT2D eigenvalue weighted by atomic mass is 9.91. The summed E-state index contributed by atoms with van der Waals surface area (Å²) < 4.78 is 4.39. The summed E-state index contributed by atoms with van der Waals surface area (Å²) in [4.78, 5) is 21.4. The predicted molar refractivity (Wildman–Crippen MR) is 34.0 cm³/mol. The zero-order chi connectivity index (χ0) is 7.72. The minimum atomic E-state index is -0.393. The van der Waals surface area contributed by atoms with Crippen LogP contribution in [0.3, 0.4) is 0 Å². The quantitative estimate of drug-likeness (QED) is 0.370. The summed E-state index contributed by atoms with van der Waals surface area (Å²) >= 11 is 0. The van der Waals surface area contributed by atoms with Gasteiger partial charge in [-0.2, -0.15) is 0 Å². The maximum absolute atomic E-state index is 10.8. The fourth-order valence-corrected chi connectivity index (χ4v) is 0.919. The van der Waals surface area contributed by atoms with Crippen molar-refractivity contribution in [1.82, 2.24) is 0 Å². The average Bonchev–Trinajstić information content (AvgIpc) is 1.82. The summed E-state index contributed by atoms with van der Waals surface area (Å²) in [6, 6.07) is 0. The molecule has 0 aromatic rings. The summed E-state index contributed by atoms with van der Waals surface area (Å²) in [6.45, 7) is 3.66. The van der Waals surface area contributed by atoms with E-state index < -0.39 is 5.97 Å². The number of hydrogen-bond donors (Lipinski definition) is 0. The molecule has 3 heteroatoms. The summed E-state index contributed by atoms with van der Waals surface area (Å²) in [5.74, 6) is -0.772. The number of cyclic esters (lactones) is 2. The minimum Gasteiger partial charge on any atom is -0.393 e. The van der Waals surface area contributed by atoms with Gasteiger partial charge in [0.25, 0.3) is 0 Å². The molecule has 0 N–H and O–H groups in total. The molecule has 3 nitrogen and oxygen atoms in total. The van der Waals surface area contributed by atoms with Gasteiger partial charge in [0.2, 0.25) is 0 Å². The maximum atomic E-state index is 10.8. The number of carbonyl (C=O) groups excluding carboxylic acids is 2. The van der Waals surface area contributed by atoms with Crippen LogP contribution in [0.5, 0.6) is 0 Å². The Morgan fingerprint density at radius 3 is 2.50 bits per heavy atom. The average molecular weight is 142 g/mol. The minimum absolute atomic E-state index is 0.127. The van der Waals surface area contributed by atoms with E-state index in [-0.39, 0.29) is 17.8 Å². The van der Waals surface area contributed by atoms with E-state index in [9.17, 15) is 9.59 Å². The van der Waals surface area contributed by atoms with Crippen molar-refractivity contribution < 1.29 is 14.3 Å². The van der Waals surface area contributed by atoms with Gasteiger partial charge in [-0.15, -0.1) is 0 Å². The van der Waals surface area contributed by atoms with E-state index in [4.69, 9.17) is 0 Å². The Morgan fingerprint density at radius 1 is 1.40 bits per heavy atom. The van der Waals surface area contributed by atoms with Crippen LogP contribution >= 0.6 is 0 Å². The Kier molecular flexibility index (Phi) is 1.74. The van der Waals surface area contributed by atoms with E-state index in [1.165, 1.54) is 0 Å². The lowest BCUT2D eigenvalue weighted by molar-refractivity contribution is -0.169. The molecular formula is C7H10O3. The van der Waals surface area contributed by atoms with Crippen LogP contribution in [-0.2, 0) is 14.3 Å². The van der Waals surface area contributed by atoms with Gasteiger partial charge in [0.1, 0.15) is 0 Å². The second-order valence-electron chi connectivity index (χ2n) is 2.76. The van der Waals surface area contributed by atoms with Gasteiger partial charge in [-0.1, -0.05) is 13.8 Å². The van der Waals surface area contributed by atoms with Gasteiger partial charge in [-0.25, -0.2) is 0 Å². The molecule has 10 heavy (non-hydrogen) atoms. The Balaban J connectivity index is 2.66. The number of rotatable bonds is 0. The molecule has 1 aliphatic rings. The molecule has 0 aromatic heterocycles. The third-order valence-corrected chi connectivity index (χ3v) is 1.93. The van der Waals surface area contributed by atoms with Crippen molar-refractivity contribution in [2.24, 2.45) is 11.8 Å². The van der Waals surface area contributed by atoms with Crippen molar-refractivity contribution in [1.29, 1.82) is 0 Å². The zero-order valence-electron chi connectivity index (χ0n) is 6.09. The van der Waals surface area contributed by atoms with Crippen molar-refractivity contribution in [2.45, 2.75) is 20.3 Å². The topological polar surface area (TPSA) is 43.4 Å². The van der Waals surface area contributed by atoms with Crippen molar-refractivity contribution in [3.05, 3.63) is 0 Å². The highest BCUT2D eigenvalue weighted by Crippen LogP contribution is 2.21. The molecule has 0 radical (unpaired) electrons. The summed E-state index contributed by atoms with van der Waals surface area (Å²) in [7, 11) is 0. The van der Waals surface area contributed by atoms with Crippen LogP contribution in [0.2, 0.25) is 0 Å². The smallest absolute Gasteiger partial charge is 0.316 e. The van der Waals surface area contributed by atoms with Crippen LogP contribution in [0.1, 0.15) is 20.3 Å². The molecule has 1 saturated heterocycles. The van der Waals surface area contributed by atoms with Gasteiger partial charge in [0.15, 0.2) is 0 Å². The fraction of sp³-hybridized carbons (Fsp3) is 0.714. The second-order valence-corrected chi connectivity index (χ2v) is 2.76. The predicted octanol–water partition coefficient (Wildman–Crippen LogP) is 0.732. The van der Waals surface area contributed by atoms with E-state index in [2.05, 4.69) is 4.74 Å². The molecule has 0 saturated carbocycles. The number of esters is 2. The van der Waals surface area contributed by atoms with E-state index in [1.54, 1.807) is 6.92 Å². The first-order valence-corrected chi connectivity index (χ1v) is 3.36. The summed E-state index contributed by atoms with van der Waals surface area (Å²) in [5, 5.41) is 0. The second kappa shape index (κ2) is 2.40. The Hall–Kier alpha value is -0.860. The molecule has 1 heterocycles. The van der Waals surface area contributed by atoms with E-state index in [0.29, 0.717) is 6.42 Å². The third-order valence-electron chi connectivity index (χ3n) is 1.93. The molecule has 1 rings (SSSR count). The summed E-state index contributed by atoms with van der Waals surface area (Å²) in [5.41, 5.74) is 0. The highest BCUT2D eigenvalue weighted by Gasteiger charge is 2.31. The molecule has 1 fully saturated rings. The molecule has 0 aromatic carbocycles. The van der Waals surface area contributed by atoms with E-state index >= 15 is 0 Å². The molecule has 2 unspecified atom stereocenters. The van der Waals surface area contributed by atoms with Crippen LogP contribution in [0.4, 0.5) is 0 Å². The monoisotopic (exact) mass is 142 g/mol. The maximum Gasteiger partial charge on any atom is 0.316 e. The first-order valence-electron chi connectivity index (χ1n) is 3.36. The van der Waals surface area contributed by atoms with Crippen molar-refractivity contribution >= 4 is 11.9 Å². The lowest BCUT2D eigenvalue weighted by Crippen LogP contribution is -2.31. The molecule has 0 bridgehead atoms. The van der Waals surface area contributed by atoms with Crippen molar-refractivity contribution in [3.63, 3.8) is 0 Å². The Morgan fingerprint density at radius 2 is 2.00 bits per heavy atom. The molecule has 0 spiro atoms. The molecule has 56 valence electrons. The van der Waals surface area contributed by atoms with Crippen LogP contribution < -0.4 is 0 Å². The SMILES string of the molecule is CC1CC(=O)OC(=O)C1C. The van der Waals surface area contributed by atoms with Gasteiger partial charge >= 0.3 is 11.9 Å². The van der Waals surface area contributed by atoms with Crippen molar-refractivity contribution in [3.8, 4) is 0 Å². The molecule has 0 amide bonds. The van der Waals surface area contributed by atoms with Crippen LogP contribution in [0.25, 0.3) is 0 Å². The standard InChI is InChI=1S/C7H10O3/c1-4-3-6(8)10-7(9)5(4)2/h4-5H,3H2,1-2H3. The Labute approximate surface area is 59.4 Å². The fourth-order valence-electron chi connectivity index (χ4n) is 0.919. The first kappa shape index (κ1) is 7.25. The molecule has 1 aliphatic heterocycles. The van der Waals surface area contributed by atoms with Gasteiger partial charge in [0.05, 0.1) is 5.92 Å². The highest BCUT2D eigenvalue weighted by molar-refractivity contribution is 5.89. The van der Waals surface area contributed by atoms with Crippen molar-refractivity contribution in [2.75, 3.05) is 0 Å². The van der Waals surface area contributed by atoms with Crippen LogP contribution in [-0.4, -0.2) is 11.9 Å². The highest BCUT2D eigenvalue weighted by atomic mass is 16.6. The zero-order valence-corrected chi connectivity index (χ0v) is 6.09. The number of carbonyl (C=O) groups is 2. The normalized spacial score (nSPS) is 33.8. The Bertz CT molecular complexity index is 174. The molecular weight excluding hydrogens is 132 g/mol. The first-order chi connectivity index (χ1) is 4.61. The van der Waals surface area contributed by atoms with Crippen LogP contribution in [0.15, 0.2) is 0 Å². The van der Waals surface area contributed by atoms with Gasteiger partial charge in [-0.3, -0.25) is 9.59 Å². The van der Waals surface area contributed by atoms with Crippen LogP contribution in [0, 0.1) is 11.8 Å². The molecule has 2 atom stereocenters. The number of hydrogen-bond acceptors (Lipinski definition) is 3. The van der Waals surface area contributed by atoms with Gasteiger partial charge < -0.3 is 4.74 Å². The largest absolute Gasteiger partial charge is 0.393 e. The third kappa shape index (κ3) is 1.17. The number of ether oxygens (including phenoxy) is 1. The summed E-state index contributed by atoms with van der Waals surface area (Å²) in [6.07, 6.45) is 0.368. The van der Waals surface area contributed by atoms with Gasteiger partial charge in [0, 0.05) is 6.42 Å². The lowest BCUT2D eigenvalue weighted by Gasteiger charge is -2.21. The van der Waals surface area contributed by atoms with Gasteiger partial charge in [-0.05, 0) is 5.92 Å². The van der Waals surface area contributed by atoms with E-state index in [0.717, 1.165) is 0 Å². The molecule has 0 aliphatic carbocycles. The van der Waals surface area contributed by atoms with E-state index in [1.807, 2.05) is 6.92 Å².